The average Bonchev–Trinajstić information content (AvgIpc) is 2.79. The number of esters is 2. The van der Waals surface area contributed by atoms with Crippen molar-refractivity contribution >= 4 is 41.5 Å². The van der Waals surface area contributed by atoms with E-state index in [4.69, 9.17) is 9.47 Å². The van der Waals surface area contributed by atoms with Crippen LogP contribution >= 0.6 is 0 Å². The standard InChI is InChI=1S/C27H52O5.Na.H/c1-3-5-7-9-11-13-15-17-19-21-26(29)31-24-25(23-28)32-27(30)22-20-18-16-14-12-10-8-6-4-2;;/h25,28H,3-24H2,1-2H3;;/t25-;;/m0../s1. The fourth-order valence-electron chi connectivity index (χ4n) is 3.79. The second-order valence-electron chi connectivity index (χ2n) is 9.13. The van der Waals surface area contributed by atoms with E-state index in [1.165, 1.54) is 77.0 Å². The molecule has 1 N–H and O–H groups in total. The molecule has 0 aromatic carbocycles. The number of aliphatic hydroxyl groups is 1. The molecule has 1 atom stereocenters. The second-order valence-corrected chi connectivity index (χ2v) is 9.13. The van der Waals surface area contributed by atoms with Gasteiger partial charge in [0.2, 0.25) is 0 Å². The van der Waals surface area contributed by atoms with Crippen molar-refractivity contribution in [1.29, 1.82) is 0 Å². The van der Waals surface area contributed by atoms with E-state index in [2.05, 4.69) is 13.8 Å². The average molecular weight is 481 g/mol. The van der Waals surface area contributed by atoms with Gasteiger partial charge in [-0.15, -0.1) is 0 Å². The molecule has 0 saturated carbocycles. The molecule has 0 aliphatic carbocycles. The monoisotopic (exact) mass is 480 g/mol. The van der Waals surface area contributed by atoms with Gasteiger partial charge in [0.05, 0.1) is 6.61 Å². The van der Waals surface area contributed by atoms with Gasteiger partial charge in [0.1, 0.15) is 6.61 Å². The molecule has 0 spiro atoms. The molecule has 192 valence electrons. The molecule has 33 heavy (non-hydrogen) atoms. The van der Waals surface area contributed by atoms with Gasteiger partial charge in [-0.2, -0.15) is 0 Å². The molecule has 0 radical (unpaired) electrons. The summed E-state index contributed by atoms with van der Waals surface area (Å²) in [4.78, 5) is 23.8. The van der Waals surface area contributed by atoms with Crippen molar-refractivity contribution in [2.24, 2.45) is 0 Å². The van der Waals surface area contributed by atoms with Gasteiger partial charge in [0.15, 0.2) is 6.10 Å². The third kappa shape index (κ3) is 26.3. The summed E-state index contributed by atoms with van der Waals surface area (Å²) in [6, 6.07) is 0. The normalized spacial score (nSPS) is 11.6. The van der Waals surface area contributed by atoms with Gasteiger partial charge >= 0.3 is 41.5 Å². The minimum absolute atomic E-state index is 0. The first-order chi connectivity index (χ1) is 15.6. The Morgan fingerprint density at radius 3 is 1.36 bits per heavy atom. The van der Waals surface area contributed by atoms with Crippen LogP contribution in [-0.4, -0.2) is 65.9 Å². The summed E-state index contributed by atoms with van der Waals surface area (Å²) in [5.41, 5.74) is 0. The van der Waals surface area contributed by atoms with Crippen molar-refractivity contribution < 1.29 is 24.2 Å². The Hall–Kier alpha value is -0.100. The summed E-state index contributed by atoms with van der Waals surface area (Å²) >= 11 is 0. The van der Waals surface area contributed by atoms with Crippen LogP contribution in [0.3, 0.4) is 0 Å². The number of hydrogen-bond acceptors (Lipinski definition) is 5. The zero-order valence-electron chi connectivity index (χ0n) is 21.2. The molecular weight excluding hydrogens is 427 g/mol. The minimum atomic E-state index is -0.756. The third-order valence-corrected chi connectivity index (χ3v) is 5.90. The molecule has 0 rings (SSSR count). The van der Waals surface area contributed by atoms with E-state index in [0.29, 0.717) is 12.8 Å². The Morgan fingerprint density at radius 1 is 0.606 bits per heavy atom. The molecule has 0 unspecified atom stereocenters. The van der Waals surface area contributed by atoms with Crippen molar-refractivity contribution in [3.8, 4) is 0 Å². The molecule has 5 nitrogen and oxygen atoms in total. The van der Waals surface area contributed by atoms with Crippen molar-refractivity contribution in [1.82, 2.24) is 0 Å². The predicted octanol–water partition coefficient (Wildman–Crippen LogP) is 6.63. The molecule has 0 aromatic heterocycles. The van der Waals surface area contributed by atoms with Crippen LogP contribution in [0.1, 0.15) is 142 Å². The fraction of sp³-hybridized carbons (Fsp3) is 0.926. The zero-order valence-corrected chi connectivity index (χ0v) is 21.2. The third-order valence-electron chi connectivity index (χ3n) is 5.90. The maximum atomic E-state index is 11.9. The summed E-state index contributed by atoms with van der Waals surface area (Å²) in [7, 11) is 0. The molecule has 0 heterocycles. The topological polar surface area (TPSA) is 72.8 Å². The molecule has 0 aliphatic heterocycles. The van der Waals surface area contributed by atoms with Crippen molar-refractivity contribution in [2.75, 3.05) is 13.2 Å². The summed E-state index contributed by atoms with van der Waals surface area (Å²) in [5.74, 6) is -0.594. The number of carbonyl (C=O) groups excluding carboxylic acids is 2. The predicted molar refractivity (Wildman–Crippen MR) is 139 cm³/mol. The Bertz CT molecular complexity index is 431. The number of hydrogen-bond donors (Lipinski definition) is 1. The molecule has 6 heteroatoms. The Balaban J connectivity index is 0. The first kappa shape index (κ1) is 35.1. The second kappa shape index (κ2) is 28.1. The molecule has 0 saturated heterocycles. The van der Waals surface area contributed by atoms with Crippen LogP contribution in [-0.2, 0) is 19.1 Å². The first-order valence-corrected chi connectivity index (χ1v) is 13.6. The first-order valence-electron chi connectivity index (χ1n) is 13.6. The van der Waals surface area contributed by atoms with Gasteiger partial charge < -0.3 is 14.6 Å². The summed E-state index contributed by atoms with van der Waals surface area (Å²) in [6.45, 7) is 4.07. The van der Waals surface area contributed by atoms with Crippen LogP contribution in [0.15, 0.2) is 0 Å². The molecule has 0 bridgehead atoms. The van der Waals surface area contributed by atoms with Crippen LogP contribution in [0, 0.1) is 0 Å². The number of carbonyl (C=O) groups is 2. The van der Waals surface area contributed by atoms with E-state index in [0.717, 1.165) is 38.5 Å². The van der Waals surface area contributed by atoms with Crippen LogP contribution in [0.25, 0.3) is 0 Å². The summed E-state index contributed by atoms with van der Waals surface area (Å²) < 4.78 is 10.4. The van der Waals surface area contributed by atoms with Gasteiger partial charge in [-0.1, -0.05) is 117 Å². The van der Waals surface area contributed by atoms with Gasteiger partial charge in [-0.3, -0.25) is 9.59 Å². The molecular formula is C27H53NaO5. The van der Waals surface area contributed by atoms with E-state index < -0.39 is 6.10 Å². The van der Waals surface area contributed by atoms with Gasteiger partial charge in [0.25, 0.3) is 0 Å². The van der Waals surface area contributed by atoms with Crippen molar-refractivity contribution in [3.63, 3.8) is 0 Å². The summed E-state index contributed by atoms with van der Waals surface area (Å²) in [5, 5.41) is 9.40. The Labute approximate surface area is 226 Å². The molecule has 0 fully saturated rings. The number of rotatable bonds is 24. The number of unbranched alkanes of at least 4 members (excludes halogenated alkanes) is 16. The van der Waals surface area contributed by atoms with E-state index in [-0.39, 0.29) is 54.7 Å². The fourth-order valence-corrected chi connectivity index (χ4v) is 3.79. The Kier molecular flexibility index (Phi) is 29.9. The van der Waals surface area contributed by atoms with E-state index in [1.54, 1.807) is 0 Å². The maximum absolute atomic E-state index is 11.9. The quantitative estimate of drug-likeness (QED) is 0.0954. The van der Waals surface area contributed by atoms with Crippen LogP contribution < -0.4 is 0 Å². The van der Waals surface area contributed by atoms with Gasteiger partial charge in [-0.25, -0.2) is 0 Å². The van der Waals surface area contributed by atoms with Crippen LogP contribution in [0.2, 0.25) is 0 Å². The van der Waals surface area contributed by atoms with Gasteiger partial charge in [0, 0.05) is 12.8 Å². The number of ether oxygens (including phenoxy) is 2. The Morgan fingerprint density at radius 2 is 0.970 bits per heavy atom. The zero-order chi connectivity index (χ0) is 23.7. The molecule has 0 aliphatic rings. The van der Waals surface area contributed by atoms with Crippen molar-refractivity contribution in [2.45, 2.75) is 148 Å². The molecule has 0 aromatic rings. The van der Waals surface area contributed by atoms with E-state index in [1.807, 2.05) is 0 Å². The number of aliphatic hydroxyl groups excluding tert-OH is 1. The van der Waals surface area contributed by atoms with Crippen LogP contribution in [0.5, 0.6) is 0 Å². The molecule has 0 amide bonds. The summed E-state index contributed by atoms with van der Waals surface area (Å²) in [6.07, 6.45) is 21.5. The van der Waals surface area contributed by atoms with Crippen molar-refractivity contribution in [3.05, 3.63) is 0 Å². The van der Waals surface area contributed by atoms with Gasteiger partial charge in [-0.05, 0) is 12.8 Å². The van der Waals surface area contributed by atoms with Crippen LogP contribution in [0.4, 0.5) is 0 Å². The van der Waals surface area contributed by atoms with E-state index >= 15 is 0 Å². The SMILES string of the molecule is CCCCCCCCCCCC(=O)OC[C@H](CO)OC(=O)CCCCCCCCCCC.[NaH]. The van der Waals surface area contributed by atoms with E-state index in [9.17, 15) is 14.7 Å².